The van der Waals surface area contributed by atoms with Crippen LogP contribution in [0.1, 0.15) is 37.4 Å². The largest absolute Gasteiger partial charge is 0.394 e. The molecule has 14 N–H and O–H groups in total. The van der Waals surface area contributed by atoms with Crippen LogP contribution in [0.15, 0.2) is 12.4 Å². The molecule has 0 radical (unpaired) electrons. The highest BCUT2D eigenvalue weighted by Gasteiger charge is 2.49. The highest BCUT2D eigenvalue weighted by atomic mass is 16.7. The summed E-state index contributed by atoms with van der Waals surface area (Å²) in [5.74, 6) is -1.37. The fourth-order valence-electron chi connectivity index (χ4n) is 5.43. The maximum Gasteiger partial charge on any atom is 0.217 e. The summed E-state index contributed by atoms with van der Waals surface area (Å²) in [7, 11) is 0. The first-order valence-corrected chi connectivity index (χ1v) is 15.5. The first-order chi connectivity index (χ1) is 23.6. The van der Waals surface area contributed by atoms with Gasteiger partial charge in [-0.25, -0.2) is 0 Å². The second-order valence-corrected chi connectivity index (χ2v) is 11.8. The number of hydrogen-bond donors (Lipinski definition) is 14. The van der Waals surface area contributed by atoms with Crippen LogP contribution in [-0.2, 0) is 28.5 Å². The third-order valence-electron chi connectivity index (χ3n) is 8.14. The topological polar surface area (TPSA) is 364 Å². The molecule has 2 fully saturated rings. The zero-order valence-electron chi connectivity index (χ0n) is 26.9. The summed E-state index contributed by atoms with van der Waals surface area (Å²) >= 11 is 0. The second-order valence-electron chi connectivity index (χ2n) is 11.8. The van der Waals surface area contributed by atoms with E-state index in [9.17, 15) is 70.9 Å². The van der Waals surface area contributed by atoms with Gasteiger partial charge < -0.3 is 90.9 Å². The summed E-state index contributed by atoms with van der Waals surface area (Å²) in [5.41, 5.74) is -0.678. The molecule has 1 aromatic heterocycles. The number of amides is 2. The van der Waals surface area contributed by atoms with E-state index in [2.05, 4.69) is 20.6 Å². The van der Waals surface area contributed by atoms with Gasteiger partial charge >= 0.3 is 0 Å². The van der Waals surface area contributed by atoms with Gasteiger partial charge in [0.2, 0.25) is 11.8 Å². The third-order valence-corrected chi connectivity index (χ3v) is 8.14. The average Bonchev–Trinajstić information content (AvgIpc) is 3.10. The second kappa shape index (κ2) is 18.7. The minimum absolute atomic E-state index is 0.339. The molecule has 0 aromatic carbocycles. The van der Waals surface area contributed by atoms with Crippen molar-refractivity contribution >= 4 is 11.8 Å². The summed E-state index contributed by atoms with van der Waals surface area (Å²) in [5, 5.41) is 128. The standard InChI is InChI=1S/C28H46N4O18/c1-9(37)31-17-23(45)21(43)15(7-35)47-27(17)49-25(13(39)5-33)19(41)11-3-30-12(4-29-11)20(42)26(14(40)6-34)50-28-18(32-10(2)38)24(46)22(44)16(8-36)48-28/h3-4,13-28,33-36,39-46H,5-8H2,1-2H3,(H,31,37)(H,32,38)/t13?,14?,15-,16-,17-,18-,19?,20?,21-,22-,23-,24-,25?,26?,27+,28+/m1/s1. The van der Waals surface area contributed by atoms with Crippen LogP contribution in [0.4, 0.5) is 0 Å². The molecule has 22 heteroatoms. The lowest BCUT2D eigenvalue weighted by molar-refractivity contribution is -0.299. The van der Waals surface area contributed by atoms with Crippen LogP contribution in [0.3, 0.4) is 0 Å². The Kier molecular flexibility index (Phi) is 15.7. The summed E-state index contributed by atoms with van der Waals surface area (Å²) < 4.78 is 22.3. The summed E-state index contributed by atoms with van der Waals surface area (Å²) in [6, 6.07) is -2.94. The Bertz CT molecular complexity index is 1130. The summed E-state index contributed by atoms with van der Waals surface area (Å²) in [6.45, 7) is -1.38. The molecule has 0 spiro atoms. The molecule has 22 nitrogen and oxygen atoms in total. The first-order valence-electron chi connectivity index (χ1n) is 15.5. The van der Waals surface area contributed by atoms with Gasteiger partial charge in [-0.05, 0) is 0 Å². The molecule has 3 heterocycles. The molecule has 2 amide bonds. The number of aromatic nitrogens is 2. The molecule has 1 aromatic rings. The number of carbonyl (C=O) groups is 2. The van der Waals surface area contributed by atoms with Gasteiger partial charge in [-0.3, -0.25) is 19.6 Å². The molecule has 0 saturated carbocycles. The number of nitrogens with zero attached hydrogens (tertiary/aromatic N) is 2. The van der Waals surface area contributed by atoms with Crippen LogP contribution < -0.4 is 10.6 Å². The van der Waals surface area contributed by atoms with Crippen molar-refractivity contribution in [2.24, 2.45) is 0 Å². The van der Waals surface area contributed by atoms with Crippen molar-refractivity contribution < 1.29 is 89.8 Å². The van der Waals surface area contributed by atoms with Gasteiger partial charge in [-0.15, -0.1) is 0 Å². The lowest BCUT2D eigenvalue weighted by Gasteiger charge is -2.44. The molecule has 3 rings (SSSR count). The number of aliphatic hydroxyl groups excluding tert-OH is 12. The highest BCUT2D eigenvalue weighted by Crippen LogP contribution is 2.30. The SMILES string of the molecule is CC(=O)N[C@H]1[C@H](OC(C(O)CO)C(O)c2cnc(C(O)C(O[C@@H]3O[C@H](CO)[C@@H](O)[C@H](O)[C@H]3NC(C)=O)C(O)CO)cn2)O[C@H](CO)[C@@H](O)[C@@H]1O. The van der Waals surface area contributed by atoms with Crippen molar-refractivity contribution in [3.05, 3.63) is 23.8 Å². The number of hydrogen-bond acceptors (Lipinski definition) is 20. The predicted molar refractivity (Wildman–Crippen MR) is 159 cm³/mol. The lowest BCUT2D eigenvalue weighted by Crippen LogP contribution is -2.65. The number of nitrogens with one attached hydrogen (secondary N) is 2. The van der Waals surface area contributed by atoms with E-state index in [1.165, 1.54) is 0 Å². The van der Waals surface area contributed by atoms with Crippen LogP contribution in [0, 0.1) is 0 Å². The first kappa shape index (κ1) is 41.8. The molecule has 0 aliphatic carbocycles. The Balaban J connectivity index is 1.86. The summed E-state index contributed by atoms with van der Waals surface area (Å²) in [6.07, 6.45) is -22.4. The van der Waals surface area contributed by atoms with E-state index in [-0.39, 0.29) is 11.4 Å². The molecular weight excluding hydrogens is 680 g/mol. The van der Waals surface area contributed by atoms with E-state index < -0.39 is 136 Å². The van der Waals surface area contributed by atoms with E-state index in [0.717, 1.165) is 26.2 Å². The van der Waals surface area contributed by atoms with E-state index in [0.29, 0.717) is 0 Å². The molecule has 2 aliphatic rings. The molecule has 16 atom stereocenters. The van der Waals surface area contributed by atoms with Gasteiger partial charge in [-0.2, -0.15) is 0 Å². The Hall–Kier alpha value is -2.62. The van der Waals surface area contributed by atoms with Crippen molar-refractivity contribution in [1.29, 1.82) is 0 Å². The van der Waals surface area contributed by atoms with Crippen LogP contribution in [0.2, 0.25) is 0 Å². The zero-order valence-corrected chi connectivity index (χ0v) is 26.9. The fourth-order valence-corrected chi connectivity index (χ4v) is 5.43. The normalized spacial score (nSPS) is 33.8. The van der Waals surface area contributed by atoms with Gasteiger partial charge in [0, 0.05) is 13.8 Å². The van der Waals surface area contributed by atoms with Gasteiger partial charge in [0.25, 0.3) is 0 Å². The average molecular weight is 727 g/mol. The van der Waals surface area contributed by atoms with Crippen LogP contribution in [0.25, 0.3) is 0 Å². The van der Waals surface area contributed by atoms with Crippen LogP contribution in [-0.4, -0.2) is 195 Å². The molecule has 0 bridgehead atoms. The van der Waals surface area contributed by atoms with E-state index in [4.69, 9.17) is 18.9 Å². The van der Waals surface area contributed by atoms with E-state index >= 15 is 0 Å². The number of carbonyl (C=O) groups excluding carboxylic acids is 2. The number of rotatable bonds is 16. The molecule has 50 heavy (non-hydrogen) atoms. The Morgan fingerprint density at radius 2 is 1.02 bits per heavy atom. The van der Waals surface area contributed by atoms with Crippen molar-refractivity contribution in [2.45, 2.75) is 112 Å². The maximum absolute atomic E-state index is 11.8. The molecule has 2 aliphatic heterocycles. The zero-order chi connectivity index (χ0) is 37.4. The third kappa shape index (κ3) is 9.82. The fraction of sp³-hybridized carbons (Fsp3) is 0.786. The van der Waals surface area contributed by atoms with E-state index in [1.807, 2.05) is 0 Å². The van der Waals surface area contributed by atoms with Gasteiger partial charge in [-0.1, -0.05) is 0 Å². The van der Waals surface area contributed by atoms with Gasteiger partial charge in [0.05, 0.1) is 50.2 Å². The predicted octanol–water partition coefficient (Wildman–Crippen LogP) is -8.09. The molecule has 2 saturated heterocycles. The maximum atomic E-state index is 11.8. The van der Waals surface area contributed by atoms with Crippen molar-refractivity contribution in [3.63, 3.8) is 0 Å². The monoisotopic (exact) mass is 726 g/mol. The van der Waals surface area contributed by atoms with Gasteiger partial charge in [0.1, 0.15) is 85.3 Å². The molecular formula is C28H46N4O18. The minimum atomic E-state index is -1.93. The van der Waals surface area contributed by atoms with Crippen molar-refractivity contribution in [1.82, 2.24) is 20.6 Å². The van der Waals surface area contributed by atoms with Gasteiger partial charge in [0.15, 0.2) is 12.6 Å². The Morgan fingerprint density at radius 3 is 1.28 bits per heavy atom. The van der Waals surface area contributed by atoms with Crippen LogP contribution in [0.5, 0.6) is 0 Å². The molecule has 6 unspecified atom stereocenters. The summed E-state index contributed by atoms with van der Waals surface area (Å²) in [4.78, 5) is 31.5. The van der Waals surface area contributed by atoms with E-state index in [1.54, 1.807) is 0 Å². The van der Waals surface area contributed by atoms with Crippen LogP contribution >= 0.6 is 0 Å². The number of ether oxygens (including phenoxy) is 4. The molecule has 286 valence electrons. The quantitative estimate of drug-likeness (QED) is 0.0752. The highest BCUT2D eigenvalue weighted by molar-refractivity contribution is 5.73. The van der Waals surface area contributed by atoms with Crippen molar-refractivity contribution in [3.8, 4) is 0 Å². The Labute approximate surface area is 284 Å². The smallest absolute Gasteiger partial charge is 0.217 e. The number of aliphatic hydroxyl groups is 12. The minimum Gasteiger partial charge on any atom is -0.394 e. The lowest BCUT2D eigenvalue weighted by atomic mass is 9.96. The Morgan fingerprint density at radius 1 is 0.680 bits per heavy atom. The van der Waals surface area contributed by atoms with Crippen molar-refractivity contribution in [2.75, 3.05) is 26.4 Å².